The van der Waals surface area contributed by atoms with Crippen molar-refractivity contribution >= 4 is 16.9 Å². The lowest BCUT2D eigenvalue weighted by atomic mass is 9.77. The highest BCUT2D eigenvalue weighted by atomic mass is 16.8. The van der Waals surface area contributed by atoms with E-state index in [2.05, 4.69) is 16.0 Å². The number of rotatable bonds is 4. The molecule has 0 spiro atoms. The molecule has 1 aromatic heterocycles. The molecule has 39 heavy (non-hydrogen) atoms. The van der Waals surface area contributed by atoms with Gasteiger partial charge in [-0.2, -0.15) is 0 Å². The number of benzene rings is 1. The molecule has 2 fully saturated rings. The third-order valence-corrected chi connectivity index (χ3v) is 8.66. The summed E-state index contributed by atoms with van der Waals surface area (Å²) in [4.78, 5) is 18.6. The number of aliphatic hydroxyl groups excluding tert-OH is 5. The van der Waals surface area contributed by atoms with Crippen LogP contribution in [0, 0.1) is 11.8 Å². The number of fused-ring (bicyclic) bond motifs is 6. The number of hydrogen-bond acceptors (Lipinski definition) is 11. The normalized spacial score (nSPS) is 38.6. The van der Waals surface area contributed by atoms with Crippen LogP contribution >= 0.6 is 0 Å². The fourth-order valence-electron chi connectivity index (χ4n) is 6.66. The van der Waals surface area contributed by atoms with Crippen LogP contribution in [0.25, 0.3) is 10.9 Å². The predicted octanol–water partition coefficient (Wildman–Crippen LogP) is -0.706. The lowest BCUT2D eigenvalue weighted by molar-refractivity contribution is -0.345. The Kier molecular flexibility index (Phi) is 7.14. The first-order chi connectivity index (χ1) is 18.8. The summed E-state index contributed by atoms with van der Waals surface area (Å²) in [5.41, 5.74) is 3.58. The fourth-order valence-corrected chi connectivity index (χ4v) is 6.66. The van der Waals surface area contributed by atoms with Crippen LogP contribution in [0.4, 0.5) is 0 Å². The van der Waals surface area contributed by atoms with Crippen molar-refractivity contribution in [3.8, 4) is 0 Å². The Hall–Kier alpha value is -2.55. The Morgan fingerprint density at radius 2 is 1.92 bits per heavy atom. The molecule has 1 aromatic carbocycles. The van der Waals surface area contributed by atoms with Crippen molar-refractivity contribution in [2.24, 2.45) is 11.8 Å². The van der Waals surface area contributed by atoms with Gasteiger partial charge in [0.2, 0.25) is 6.29 Å². The van der Waals surface area contributed by atoms with Crippen molar-refractivity contribution in [2.75, 3.05) is 26.8 Å². The van der Waals surface area contributed by atoms with Gasteiger partial charge in [-0.1, -0.05) is 18.2 Å². The van der Waals surface area contributed by atoms with E-state index < -0.39 is 67.5 Å². The number of aromatic nitrogens is 1. The van der Waals surface area contributed by atoms with E-state index in [-0.39, 0.29) is 18.2 Å². The zero-order valence-corrected chi connectivity index (χ0v) is 21.4. The van der Waals surface area contributed by atoms with Gasteiger partial charge in [0.1, 0.15) is 24.4 Å². The van der Waals surface area contributed by atoms with Crippen LogP contribution in [0.5, 0.6) is 0 Å². The maximum absolute atomic E-state index is 12.8. The minimum Gasteiger partial charge on any atom is -0.471 e. The first-order valence-corrected chi connectivity index (χ1v) is 13.2. The molecule has 0 unspecified atom stereocenters. The van der Waals surface area contributed by atoms with Crippen LogP contribution in [-0.2, 0) is 30.2 Å². The van der Waals surface area contributed by atoms with Gasteiger partial charge in [-0.3, -0.25) is 4.90 Å². The van der Waals surface area contributed by atoms with Gasteiger partial charge >= 0.3 is 5.97 Å². The number of hydrogen-bond donors (Lipinski definition) is 6. The van der Waals surface area contributed by atoms with E-state index >= 15 is 0 Å². The van der Waals surface area contributed by atoms with E-state index in [1.165, 1.54) is 18.9 Å². The minimum atomic E-state index is -1.64. The molecule has 0 bridgehead atoms. The molecular formula is C27H34N2O10. The van der Waals surface area contributed by atoms with Gasteiger partial charge in [0.15, 0.2) is 6.29 Å². The van der Waals surface area contributed by atoms with E-state index in [0.717, 1.165) is 23.0 Å². The number of nitrogens with one attached hydrogen (secondary N) is 1. The summed E-state index contributed by atoms with van der Waals surface area (Å²) in [6.07, 6.45) is -7.06. The highest BCUT2D eigenvalue weighted by molar-refractivity contribution is 5.89. The van der Waals surface area contributed by atoms with Gasteiger partial charge in [-0.25, -0.2) is 4.79 Å². The van der Waals surface area contributed by atoms with Crippen molar-refractivity contribution in [2.45, 2.75) is 62.0 Å². The van der Waals surface area contributed by atoms with Gasteiger partial charge in [0.25, 0.3) is 0 Å². The summed E-state index contributed by atoms with van der Waals surface area (Å²) in [5.74, 6) is -1.87. The highest BCUT2D eigenvalue weighted by Crippen LogP contribution is 2.47. The summed E-state index contributed by atoms with van der Waals surface area (Å²) in [5, 5.41) is 53.1. The Morgan fingerprint density at radius 1 is 1.13 bits per heavy atom. The highest BCUT2D eigenvalue weighted by Gasteiger charge is 2.52. The number of para-hydroxylation sites is 1. The summed E-state index contributed by atoms with van der Waals surface area (Å²) in [6, 6.07) is 7.99. The molecule has 6 N–H and O–H groups in total. The van der Waals surface area contributed by atoms with Crippen LogP contribution in [0.2, 0.25) is 0 Å². The summed E-state index contributed by atoms with van der Waals surface area (Å²) >= 11 is 0. The van der Waals surface area contributed by atoms with E-state index in [1.807, 2.05) is 18.2 Å². The van der Waals surface area contributed by atoms with Gasteiger partial charge in [-0.15, -0.1) is 0 Å². The molecular weight excluding hydrogens is 512 g/mol. The Labute approximate surface area is 224 Å². The number of H-pyrrole nitrogens is 1. The second-order valence-electron chi connectivity index (χ2n) is 10.7. The number of carbonyl (C=O) groups excluding carboxylic acids is 1. The summed E-state index contributed by atoms with van der Waals surface area (Å²) in [7, 11) is 1.28. The topological polar surface area (TPSA) is 174 Å². The average molecular weight is 547 g/mol. The van der Waals surface area contributed by atoms with Crippen LogP contribution in [0.1, 0.15) is 23.7 Å². The van der Waals surface area contributed by atoms with Crippen molar-refractivity contribution in [3.63, 3.8) is 0 Å². The molecule has 0 radical (unpaired) electrons. The van der Waals surface area contributed by atoms with Crippen LogP contribution in [0.3, 0.4) is 0 Å². The number of aromatic amines is 1. The zero-order valence-electron chi connectivity index (χ0n) is 21.4. The zero-order chi connectivity index (χ0) is 27.4. The third kappa shape index (κ3) is 4.45. The Balaban J connectivity index is 1.34. The smallest absolute Gasteiger partial charge is 0.337 e. The third-order valence-electron chi connectivity index (χ3n) is 8.66. The lowest BCUT2D eigenvalue weighted by Gasteiger charge is -2.44. The molecule has 12 nitrogen and oxygen atoms in total. The first-order valence-electron chi connectivity index (χ1n) is 13.2. The minimum absolute atomic E-state index is 0.120. The maximum Gasteiger partial charge on any atom is 0.337 e. The van der Waals surface area contributed by atoms with Gasteiger partial charge < -0.3 is 49.5 Å². The monoisotopic (exact) mass is 546 g/mol. The van der Waals surface area contributed by atoms with E-state index in [0.29, 0.717) is 13.0 Å². The molecule has 12 heteroatoms. The molecule has 6 rings (SSSR count). The van der Waals surface area contributed by atoms with Crippen LogP contribution in [-0.4, -0.2) is 111 Å². The molecule has 0 amide bonds. The number of esters is 1. The molecule has 212 valence electrons. The van der Waals surface area contributed by atoms with Crippen molar-refractivity contribution in [3.05, 3.63) is 47.4 Å². The molecule has 0 aliphatic carbocycles. The second-order valence-corrected chi connectivity index (χ2v) is 10.7. The Morgan fingerprint density at radius 3 is 2.69 bits per heavy atom. The molecule has 4 aliphatic heterocycles. The molecule has 4 aliphatic rings. The lowest BCUT2D eigenvalue weighted by Crippen LogP contribution is -2.60. The van der Waals surface area contributed by atoms with E-state index in [9.17, 15) is 30.3 Å². The maximum atomic E-state index is 12.8. The number of methoxy groups -OCH3 is 1. The van der Waals surface area contributed by atoms with Gasteiger partial charge in [-0.05, 0) is 24.5 Å². The first kappa shape index (κ1) is 26.7. The quantitative estimate of drug-likeness (QED) is 0.268. The standard InChI is InChI=1S/C27H34N2O10/c1-36-25(35)15-11-37-26(39-27-24(34)23(33)22(32)19(10-30)38-27)20-14(15)8-17-21-13(6-7-29(17)9-18(20)31)12-4-2-3-5-16(12)28-21/h2-5,11,14,17-20,22-24,26-28,30-34H,6-10H2,1H3/t14-,17+,18-,19+,20+,22+,23-,24+,26+,27-/m1/s1. The number of ether oxygens (including phenoxy) is 4. The molecule has 5 heterocycles. The summed E-state index contributed by atoms with van der Waals surface area (Å²) < 4.78 is 22.3. The molecule has 0 saturated carbocycles. The van der Waals surface area contributed by atoms with Crippen LogP contribution < -0.4 is 0 Å². The fraction of sp³-hybridized carbons (Fsp3) is 0.593. The van der Waals surface area contributed by atoms with Gasteiger partial charge in [0.05, 0.1) is 43.6 Å². The van der Waals surface area contributed by atoms with Crippen molar-refractivity contribution in [1.82, 2.24) is 9.88 Å². The number of nitrogens with zero attached hydrogens (tertiary/aromatic N) is 1. The van der Waals surface area contributed by atoms with Gasteiger partial charge in [0, 0.05) is 35.6 Å². The average Bonchev–Trinajstić information content (AvgIpc) is 3.25. The second kappa shape index (κ2) is 10.5. The largest absolute Gasteiger partial charge is 0.471 e. The summed E-state index contributed by atoms with van der Waals surface area (Å²) in [6.45, 7) is 0.389. The van der Waals surface area contributed by atoms with Crippen molar-refractivity contribution < 1.29 is 49.3 Å². The van der Waals surface area contributed by atoms with E-state index in [4.69, 9.17) is 18.9 Å². The predicted molar refractivity (Wildman–Crippen MR) is 134 cm³/mol. The number of aliphatic hydroxyl groups is 5. The molecule has 10 atom stereocenters. The van der Waals surface area contributed by atoms with Crippen LogP contribution in [0.15, 0.2) is 36.1 Å². The number of carbonyl (C=O) groups is 1. The van der Waals surface area contributed by atoms with Crippen molar-refractivity contribution in [1.29, 1.82) is 0 Å². The molecule has 2 saturated heterocycles. The van der Waals surface area contributed by atoms with E-state index in [1.54, 1.807) is 0 Å². The Bertz CT molecular complexity index is 1250. The molecule has 2 aromatic rings. The SMILES string of the molecule is COC(=O)C1=CO[C@@H](O[C@H]2O[C@@H](CO)[C@H](O)[C@@H](O)[C@@H]2O)[C@@H]2[C@H](O)CN3CCc4c([nH]c5ccccc45)[C@@H]3C[C@H]12.